The largest absolute Gasteiger partial charge is 0.394 e. The molecule has 1 fully saturated rings. The first-order chi connectivity index (χ1) is 9.54. The van der Waals surface area contributed by atoms with Crippen LogP contribution in [0.5, 0.6) is 0 Å². The van der Waals surface area contributed by atoms with E-state index in [1.807, 2.05) is 12.3 Å². The quantitative estimate of drug-likeness (QED) is 0.889. The molecule has 6 heteroatoms. The van der Waals surface area contributed by atoms with E-state index in [9.17, 15) is 14.7 Å². The topological polar surface area (TPSA) is 62.5 Å². The van der Waals surface area contributed by atoms with E-state index in [0.717, 1.165) is 18.7 Å². The SMILES string of the molecule is Cc1csc(=O)n1CCCC(=O)N1CCC(C)C1CO. The van der Waals surface area contributed by atoms with Crippen LogP contribution >= 0.6 is 11.3 Å². The Morgan fingerprint density at radius 2 is 2.30 bits per heavy atom. The van der Waals surface area contributed by atoms with E-state index in [-0.39, 0.29) is 23.4 Å². The van der Waals surface area contributed by atoms with Gasteiger partial charge in [0, 0.05) is 30.6 Å². The average Bonchev–Trinajstić information content (AvgIpc) is 2.95. The summed E-state index contributed by atoms with van der Waals surface area (Å²) in [4.78, 5) is 25.6. The van der Waals surface area contributed by atoms with Crippen LogP contribution in [0.1, 0.15) is 31.9 Å². The predicted molar refractivity (Wildman–Crippen MR) is 78.9 cm³/mol. The van der Waals surface area contributed by atoms with Gasteiger partial charge in [-0.05, 0) is 25.7 Å². The third-order valence-electron chi connectivity index (χ3n) is 4.14. The highest BCUT2D eigenvalue weighted by molar-refractivity contribution is 7.07. The lowest BCUT2D eigenvalue weighted by Crippen LogP contribution is -2.39. The number of aryl methyl sites for hydroxylation is 1. The number of rotatable bonds is 5. The molecule has 2 atom stereocenters. The normalized spacial score (nSPS) is 22.4. The second-order valence-electron chi connectivity index (χ2n) is 5.50. The number of hydrogen-bond acceptors (Lipinski definition) is 4. The van der Waals surface area contributed by atoms with Crippen molar-refractivity contribution in [3.8, 4) is 0 Å². The Balaban J connectivity index is 1.85. The predicted octanol–water partition coefficient (Wildman–Crippen LogP) is 1.23. The van der Waals surface area contributed by atoms with E-state index in [2.05, 4.69) is 6.92 Å². The van der Waals surface area contributed by atoms with Gasteiger partial charge in [0.1, 0.15) is 0 Å². The summed E-state index contributed by atoms with van der Waals surface area (Å²) in [6.07, 6.45) is 2.06. The maximum Gasteiger partial charge on any atom is 0.307 e. The van der Waals surface area contributed by atoms with E-state index in [1.54, 1.807) is 9.47 Å². The molecule has 1 saturated heterocycles. The average molecular weight is 298 g/mol. The molecule has 5 nitrogen and oxygen atoms in total. The molecule has 1 amide bonds. The highest BCUT2D eigenvalue weighted by atomic mass is 32.1. The van der Waals surface area contributed by atoms with Gasteiger partial charge in [-0.2, -0.15) is 0 Å². The number of amides is 1. The second-order valence-corrected chi connectivity index (χ2v) is 6.32. The van der Waals surface area contributed by atoms with Gasteiger partial charge in [0.15, 0.2) is 0 Å². The summed E-state index contributed by atoms with van der Waals surface area (Å²) in [5, 5.41) is 11.2. The lowest BCUT2D eigenvalue weighted by molar-refractivity contribution is -0.133. The second kappa shape index (κ2) is 6.54. The van der Waals surface area contributed by atoms with Crippen molar-refractivity contribution >= 4 is 17.2 Å². The minimum Gasteiger partial charge on any atom is -0.394 e. The Morgan fingerprint density at radius 3 is 2.90 bits per heavy atom. The van der Waals surface area contributed by atoms with Gasteiger partial charge in [0.25, 0.3) is 0 Å². The molecular formula is C14H22N2O3S. The van der Waals surface area contributed by atoms with Gasteiger partial charge in [0.05, 0.1) is 12.6 Å². The van der Waals surface area contributed by atoms with Crippen molar-refractivity contribution in [2.24, 2.45) is 5.92 Å². The summed E-state index contributed by atoms with van der Waals surface area (Å²) in [5.74, 6) is 0.458. The van der Waals surface area contributed by atoms with Crippen molar-refractivity contribution in [2.75, 3.05) is 13.2 Å². The Hall–Kier alpha value is -1.14. The van der Waals surface area contributed by atoms with Gasteiger partial charge in [-0.15, -0.1) is 0 Å². The molecule has 2 unspecified atom stereocenters. The minimum atomic E-state index is -0.0342. The smallest absolute Gasteiger partial charge is 0.307 e. The van der Waals surface area contributed by atoms with Crippen LogP contribution in [-0.2, 0) is 11.3 Å². The summed E-state index contributed by atoms with van der Waals surface area (Å²) < 4.78 is 1.72. The van der Waals surface area contributed by atoms with Crippen molar-refractivity contribution in [3.05, 3.63) is 20.7 Å². The van der Waals surface area contributed by atoms with Crippen molar-refractivity contribution in [2.45, 2.75) is 45.7 Å². The number of aliphatic hydroxyl groups excluding tert-OH is 1. The monoisotopic (exact) mass is 298 g/mol. The van der Waals surface area contributed by atoms with Gasteiger partial charge in [-0.1, -0.05) is 18.3 Å². The molecule has 1 aromatic heterocycles. The van der Waals surface area contributed by atoms with Crippen molar-refractivity contribution in [3.63, 3.8) is 0 Å². The molecule has 1 aliphatic rings. The van der Waals surface area contributed by atoms with Gasteiger partial charge >= 0.3 is 4.87 Å². The molecule has 1 N–H and O–H groups in total. The first kappa shape index (κ1) is 15.3. The standard InChI is InChI=1S/C14H22N2O3S/c1-10-5-7-16(12(10)8-17)13(18)4-3-6-15-11(2)9-20-14(15)19/h9-10,12,17H,3-8H2,1-2H3. The van der Waals surface area contributed by atoms with E-state index in [1.165, 1.54) is 11.3 Å². The summed E-state index contributed by atoms with van der Waals surface area (Å²) >= 11 is 1.20. The van der Waals surface area contributed by atoms with Crippen LogP contribution < -0.4 is 4.87 Å². The number of carbonyl (C=O) groups excluding carboxylic acids is 1. The molecule has 0 bridgehead atoms. The lowest BCUT2D eigenvalue weighted by atomic mass is 10.0. The number of aromatic nitrogens is 1. The molecule has 0 aliphatic carbocycles. The molecule has 20 heavy (non-hydrogen) atoms. The van der Waals surface area contributed by atoms with Gasteiger partial charge in [-0.25, -0.2) is 0 Å². The summed E-state index contributed by atoms with van der Waals surface area (Å²) in [7, 11) is 0. The first-order valence-corrected chi connectivity index (χ1v) is 7.97. The van der Waals surface area contributed by atoms with E-state index in [4.69, 9.17) is 0 Å². The first-order valence-electron chi connectivity index (χ1n) is 7.10. The number of hydrogen-bond donors (Lipinski definition) is 1. The molecule has 0 saturated carbocycles. The van der Waals surface area contributed by atoms with Crippen LogP contribution in [0.25, 0.3) is 0 Å². The fraction of sp³-hybridized carbons (Fsp3) is 0.714. The zero-order valence-electron chi connectivity index (χ0n) is 12.0. The molecule has 1 aliphatic heterocycles. The molecular weight excluding hydrogens is 276 g/mol. The molecule has 0 radical (unpaired) electrons. The van der Waals surface area contributed by atoms with Crippen molar-refractivity contribution in [1.82, 2.24) is 9.47 Å². The summed E-state index contributed by atoms with van der Waals surface area (Å²) in [5.41, 5.74) is 0.954. The number of carbonyl (C=O) groups is 1. The van der Waals surface area contributed by atoms with Crippen LogP contribution in [0.4, 0.5) is 0 Å². The number of aliphatic hydroxyl groups is 1. The number of nitrogens with zero attached hydrogens (tertiary/aromatic N) is 2. The van der Waals surface area contributed by atoms with Crippen LogP contribution in [0.2, 0.25) is 0 Å². The Kier molecular flexibility index (Phi) is 4.99. The zero-order chi connectivity index (χ0) is 14.7. The molecule has 2 rings (SSSR count). The molecule has 112 valence electrons. The molecule has 2 heterocycles. The molecule has 0 aromatic carbocycles. The highest BCUT2D eigenvalue weighted by Crippen LogP contribution is 2.24. The summed E-state index contributed by atoms with van der Waals surface area (Å²) in [6, 6.07) is -0.0342. The zero-order valence-corrected chi connectivity index (χ0v) is 12.9. The highest BCUT2D eigenvalue weighted by Gasteiger charge is 2.33. The third-order valence-corrected chi connectivity index (χ3v) is 5.02. The third kappa shape index (κ3) is 3.12. The van der Waals surface area contributed by atoms with Crippen molar-refractivity contribution in [1.29, 1.82) is 0 Å². The fourth-order valence-corrected chi connectivity index (χ4v) is 3.56. The Labute approximate surface area is 122 Å². The number of thiazole rings is 1. The molecule has 0 spiro atoms. The summed E-state index contributed by atoms with van der Waals surface area (Å²) in [6.45, 7) is 5.35. The fourth-order valence-electron chi connectivity index (χ4n) is 2.80. The maximum atomic E-state index is 12.2. The molecule has 1 aromatic rings. The number of likely N-dealkylation sites (tertiary alicyclic amines) is 1. The maximum absolute atomic E-state index is 12.2. The van der Waals surface area contributed by atoms with Crippen molar-refractivity contribution < 1.29 is 9.90 Å². The van der Waals surface area contributed by atoms with Gasteiger partial charge in [-0.3, -0.25) is 9.59 Å². The van der Waals surface area contributed by atoms with Crippen LogP contribution in [0, 0.1) is 12.8 Å². The van der Waals surface area contributed by atoms with E-state index in [0.29, 0.717) is 25.3 Å². The van der Waals surface area contributed by atoms with Crippen LogP contribution in [0.3, 0.4) is 0 Å². The van der Waals surface area contributed by atoms with E-state index >= 15 is 0 Å². The minimum absolute atomic E-state index is 0.0342. The Bertz CT molecular complexity index is 523. The van der Waals surface area contributed by atoms with E-state index < -0.39 is 0 Å². The van der Waals surface area contributed by atoms with Crippen LogP contribution in [-0.4, -0.2) is 39.7 Å². The van der Waals surface area contributed by atoms with Gasteiger partial charge < -0.3 is 14.6 Å². The van der Waals surface area contributed by atoms with Gasteiger partial charge in [0.2, 0.25) is 5.91 Å². The lowest BCUT2D eigenvalue weighted by Gasteiger charge is -2.25. The van der Waals surface area contributed by atoms with Crippen LogP contribution in [0.15, 0.2) is 10.2 Å². The Morgan fingerprint density at radius 1 is 1.55 bits per heavy atom.